The Labute approximate surface area is 304 Å². The van der Waals surface area contributed by atoms with Crippen LogP contribution < -0.4 is 27.0 Å². The molecular formula is C37H63N7O7. The Morgan fingerprint density at radius 3 is 2.06 bits per heavy atom. The van der Waals surface area contributed by atoms with Gasteiger partial charge in [-0.25, -0.2) is 0 Å². The van der Waals surface area contributed by atoms with Gasteiger partial charge in [0.1, 0.15) is 30.2 Å². The van der Waals surface area contributed by atoms with Crippen molar-refractivity contribution in [2.24, 2.45) is 17.6 Å². The SMILES string of the molecule is [CH][C@H](NC(=O)[C@@H]1CCCCN1C(=O)[C@H](CCCCN)NC(=O)C[C@H](C)C1CCCCC1)C(=O)N1CCC[C@H]1C(=O)N[C@H](C(=O)NCCC)C(C)O. The first-order chi connectivity index (χ1) is 24.4. The first kappa shape index (κ1) is 42.2. The van der Waals surface area contributed by atoms with E-state index in [1.165, 1.54) is 36.0 Å². The fourth-order valence-corrected chi connectivity index (χ4v) is 7.64. The van der Waals surface area contributed by atoms with Crippen molar-refractivity contribution in [1.29, 1.82) is 0 Å². The summed E-state index contributed by atoms with van der Waals surface area (Å²) in [7, 11) is 0. The van der Waals surface area contributed by atoms with Crippen molar-refractivity contribution in [2.45, 2.75) is 153 Å². The Bertz CT molecular complexity index is 1180. The minimum Gasteiger partial charge on any atom is -0.391 e. The first-order valence-corrected chi connectivity index (χ1v) is 19.3. The summed E-state index contributed by atoms with van der Waals surface area (Å²) in [6.07, 6.45) is 10.0. The fourth-order valence-electron chi connectivity index (χ4n) is 7.64. The van der Waals surface area contributed by atoms with Crippen molar-refractivity contribution in [3.63, 3.8) is 0 Å². The van der Waals surface area contributed by atoms with Gasteiger partial charge in [-0.15, -0.1) is 0 Å². The van der Waals surface area contributed by atoms with Gasteiger partial charge in [0.15, 0.2) is 0 Å². The number of nitrogens with two attached hydrogens (primary N) is 1. The normalized spacial score (nSPS) is 22.6. The van der Waals surface area contributed by atoms with Crippen molar-refractivity contribution in [1.82, 2.24) is 31.1 Å². The number of carbonyl (C=O) groups is 6. The third kappa shape index (κ3) is 12.4. The van der Waals surface area contributed by atoms with Crippen molar-refractivity contribution in [3.8, 4) is 0 Å². The van der Waals surface area contributed by atoms with Crippen LogP contribution in [-0.2, 0) is 28.8 Å². The van der Waals surface area contributed by atoms with Gasteiger partial charge in [-0.3, -0.25) is 28.8 Å². The summed E-state index contributed by atoms with van der Waals surface area (Å²) in [4.78, 5) is 83.0. The van der Waals surface area contributed by atoms with E-state index in [0.717, 1.165) is 12.8 Å². The summed E-state index contributed by atoms with van der Waals surface area (Å²) in [5, 5.41) is 20.9. The lowest BCUT2D eigenvalue weighted by Crippen LogP contribution is -2.60. The molecule has 0 aromatic heterocycles. The van der Waals surface area contributed by atoms with Gasteiger partial charge in [-0.1, -0.05) is 46.0 Å². The highest BCUT2D eigenvalue weighted by atomic mass is 16.3. The Morgan fingerprint density at radius 1 is 0.804 bits per heavy atom. The highest BCUT2D eigenvalue weighted by Gasteiger charge is 2.41. The molecular weight excluding hydrogens is 654 g/mol. The maximum atomic E-state index is 14.0. The number of nitrogens with one attached hydrogen (secondary N) is 4. The smallest absolute Gasteiger partial charge is 0.246 e. The lowest BCUT2D eigenvalue weighted by atomic mass is 9.79. The lowest BCUT2D eigenvalue weighted by Gasteiger charge is -2.38. The van der Waals surface area contributed by atoms with Gasteiger partial charge < -0.3 is 41.9 Å². The Balaban J connectivity index is 1.65. The van der Waals surface area contributed by atoms with E-state index in [-0.39, 0.29) is 24.3 Å². The monoisotopic (exact) mass is 717 g/mol. The third-order valence-corrected chi connectivity index (χ3v) is 10.6. The van der Waals surface area contributed by atoms with Crippen molar-refractivity contribution >= 4 is 35.4 Å². The van der Waals surface area contributed by atoms with Gasteiger partial charge in [0.05, 0.1) is 6.10 Å². The van der Waals surface area contributed by atoms with E-state index in [4.69, 9.17) is 12.7 Å². The molecule has 0 spiro atoms. The van der Waals surface area contributed by atoms with Crippen LogP contribution in [-0.4, -0.2) is 113 Å². The lowest BCUT2D eigenvalue weighted by molar-refractivity contribution is -0.146. The van der Waals surface area contributed by atoms with Crippen molar-refractivity contribution in [3.05, 3.63) is 6.92 Å². The number of unbranched alkanes of at least 4 members (excludes halogenated alkanes) is 1. The van der Waals surface area contributed by atoms with Gasteiger partial charge in [0.2, 0.25) is 35.4 Å². The second-order valence-corrected chi connectivity index (χ2v) is 14.7. The zero-order valence-electron chi connectivity index (χ0n) is 31.0. The number of likely N-dealkylation sites (tertiary alicyclic amines) is 2. The summed E-state index contributed by atoms with van der Waals surface area (Å²) in [6, 6.07) is -5.30. The molecule has 3 aliphatic rings. The summed E-state index contributed by atoms with van der Waals surface area (Å²) in [6.45, 7) is 13.0. The number of hydrogen-bond donors (Lipinski definition) is 6. The number of aliphatic hydroxyl groups excluding tert-OH is 1. The zero-order valence-corrected chi connectivity index (χ0v) is 31.0. The Kier molecular flexibility index (Phi) is 17.6. The van der Waals surface area contributed by atoms with E-state index in [9.17, 15) is 33.9 Å². The molecule has 2 saturated heterocycles. The predicted octanol–water partition coefficient (Wildman–Crippen LogP) is 1.17. The molecule has 14 heteroatoms. The van der Waals surface area contributed by atoms with Crippen LogP contribution in [0.2, 0.25) is 0 Å². The van der Waals surface area contributed by atoms with E-state index in [1.807, 2.05) is 6.92 Å². The molecule has 3 rings (SSSR count). The number of rotatable bonds is 18. The second-order valence-electron chi connectivity index (χ2n) is 14.7. The maximum Gasteiger partial charge on any atom is 0.246 e. The zero-order chi connectivity index (χ0) is 37.5. The third-order valence-electron chi connectivity index (χ3n) is 10.6. The molecule has 2 heterocycles. The number of hydrogen-bond acceptors (Lipinski definition) is 8. The molecule has 1 unspecified atom stereocenters. The minimum absolute atomic E-state index is 0.171. The highest BCUT2D eigenvalue weighted by Crippen LogP contribution is 2.31. The fraction of sp³-hybridized carbons (Fsp3) is 0.811. The minimum atomic E-state index is -1.48. The number of aliphatic hydroxyl groups is 1. The number of carbonyl (C=O) groups excluding carboxylic acids is 6. The summed E-state index contributed by atoms with van der Waals surface area (Å²) < 4.78 is 0. The molecule has 1 aliphatic carbocycles. The first-order valence-electron chi connectivity index (χ1n) is 19.3. The van der Waals surface area contributed by atoms with Crippen LogP contribution >= 0.6 is 0 Å². The molecule has 6 amide bonds. The standard InChI is InChI=1S/C37H63N7O7/c1-5-20-39-35(49)32(26(4)45)42-34(48)30-18-13-22-43(30)36(50)25(3)40-33(47)29-17-10-12-21-44(29)37(51)28(16-9-11-19-38)41-31(46)23-24(2)27-14-7-6-8-15-27/h3,24-30,32,45H,5-23,38H2,1-2,4H3,(H,39,49)(H,40,47)(H,41,46)(H,42,48)/t24-,25-,26?,28-,29-,30-,32-/m0/s1. The van der Waals surface area contributed by atoms with Crippen molar-refractivity contribution in [2.75, 3.05) is 26.2 Å². The predicted molar refractivity (Wildman–Crippen MR) is 192 cm³/mol. The van der Waals surface area contributed by atoms with Gasteiger partial charge in [0.25, 0.3) is 0 Å². The molecule has 2 radical (unpaired) electrons. The molecule has 3 fully saturated rings. The molecule has 0 aromatic carbocycles. The van der Waals surface area contributed by atoms with Crippen LogP contribution in [0.4, 0.5) is 0 Å². The van der Waals surface area contributed by atoms with Gasteiger partial charge in [-0.2, -0.15) is 0 Å². The Hall–Kier alpha value is -3.26. The summed E-state index contributed by atoms with van der Waals surface area (Å²) in [5.74, 6) is -2.17. The van der Waals surface area contributed by atoms with Crippen LogP contribution in [0.1, 0.15) is 117 Å². The Morgan fingerprint density at radius 2 is 1.41 bits per heavy atom. The number of nitrogens with zero attached hydrogens (tertiary/aromatic N) is 2. The van der Waals surface area contributed by atoms with Gasteiger partial charge in [0, 0.05) is 26.1 Å². The van der Waals surface area contributed by atoms with E-state index in [2.05, 4.69) is 28.2 Å². The topological polar surface area (TPSA) is 203 Å². The largest absolute Gasteiger partial charge is 0.391 e. The molecule has 288 valence electrons. The molecule has 7 N–H and O–H groups in total. The van der Waals surface area contributed by atoms with E-state index in [0.29, 0.717) is 89.8 Å². The van der Waals surface area contributed by atoms with E-state index in [1.54, 1.807) is 0 Å². The van der Waals surface area contributed by atoms with Gasteiger partial charge >= 0.3 is 0 Å². The molecule has 2 aliphatic heterocycles. The quantitative estimate of drug-likeness (QED) is 0.113. The van der Waals surface area contributed by atoms with E-state index >= 15 is 0 Å². The summed E-state index contributed by atoms with van der Waals surface area (Å²) in [5.41, 5.74) is 5.72. The highest BCUT2D eigenvalue weighted by molar-refractivity contribution is 5.97. The summed E-state index contributed by atoms with van der Waals surface area (Å²) >= 11 is 0. The number of amides is 6. The molecule has 51 heavy (non-hydrogen) atoms. The average Bonchev–Trinajstić information content (AvgIpc) is 3.62. The number of piperidine rings is 1. The molecule has 14 nitrogen and oxygen atoms in total. The maximum absolute atomic E-state index is 14.0. The van der Waals surface area contributed by atoms with Crippen LogP contribution in [0.15, 0.2) is 0 Å². The van der Waals surface area contributed by atoms with Crippen LogP contribution in [0.5, 0.6) is 0 Å². The molecule has 0 bridgehead atoms. The molecule has 1 saturated carbocycles. The van der Waals surface area contributed by atoms with Crippen LogP contribution in [0, 0.1) is 18.8 Å². The average molecular weight is 718 g/mol. The molecule has 7 atom stereocenters. The van der Waals surface area contributed by atoms with Crippen LogP contribution in [0.25, 0.3) is 0 Å². The van der Waals surface area contributed by atoms with Crippen LogP contribution in [0.3, 0.4) is 0 Å². The molecule has 0 aromatic rings. The van der Waals surface area contributed by atoms with Gasteiger partial charge in [-0.05, 0) is 90.0 Å². The van der Waals surface area contributed by atoms with E-state index < -0.39 is 59.9 Å². The van der Waals surface area contributed by atoms with Crippen molar-refractivity contribution < 1.29 is 33.9 Å². The second kappa shape index (κ2) is 21.3.